The summed E-state index contributed by atoms with van der Waals surface area (Å²) >= 11 is 4.61. The Balaban J connectivity index is 1.89. The highest BCUT2D eigenvalue weighted by molar-refractivity contribution is 9.10. The molecule has 1 aliphatic heterocycles. The van der Waals surface area contributed by atoms with Crippen LogP contribution < -0.4 is 0 Å². The Bertz CT molecular complexity index is 884. The largest absolute Gasteiger partial charge is 0.416 e. The van der Waals surface area contributed by atoms with Crippen molar-refractivity contribution < 1.29 is 18.0 Å². The van der Waals surface area contributed by atoms with Gasteiger partial charge in [-0.15, -0.1) is 0 Å². The molecule has 2 atom stereocenters. The third-order valence-electron chi connectivity index (χ3n) is 4.69. The van der Waals surface area contributed by atoms with E-state index in [9.17, 15) is 18.0 Å². The predicted molar refractivity (Wildman–Crippen MR) is 106 cm³/mol. The van der Waals surface area contributed by atoms with Gasteiger partial charge < -0.3 is 4.90 Å². The quantitative estimate of drug-likeness (QED) is 0.500. The summed E-state index contributed by atoms with van der Waals surface area (Å²) in [6.45, 7) is 5.94. The van der Waals surface area contributed by atoms with Crippen molar-refractivity contribution in [2.45, 2.75) is 44.8 Å². The molecule has 0 aromatic heterocycles. The zero-order valence-electron chi connectivity index (χ0n) is 15.1. The van der Waals surface area contributed by atoms with Crippen LogP contribution in [0.25, 0.3) is 0 Å². The van der Waals surface area contributed by atoms with Gasteiger partial charge in [0.15, 0.2) is 0 Å². The van der Waals surface area contributed by atoms with Crippen LogP contribution in [0.2, 0.25) is 0 Å². The van der Waals surface area contributed by atoms with Gasteiger partial charge in [-0.3, -0.25) is 4.79 Å². The molecule has 1 amide bonds. The van der Waals surface area contributed by atoms with E-state index in [0.717, 1.165) is 33.4 Å². The Labute approximate surface area is 169 Å². The first-order chi connectivity index (χ1) is 12.6. The molecule has 0 radical (unpaired) electrons. The number of hydrogen-bond acceptors (Lipinski definition) is 2. The van der Waals surface area contributed by atoms with Crippen molar-refractivity contribution in [3.05, 3.63) is 68.7 Å². The minimum atomic E-state index is -4.40. The minimum Gasteiger partial charge on any atom is -0.325 e. The van der Waals surface area contributed by atoms with Gasteiger partial charge in [0.2, 0.25) is 0 Å². The lowest BCUT2D eigenvalue weighted by Gasteiger charge is -2.25. The molecular weight excluding hydrogens is 439 g/mol. The minimum absolute atomic E-state index is 0.115. The second-order valence-electron chi connectivity index (χ2n) is 6.90. The lowest BCUT2D eigenvalue weighted by molar-refractivity contribution is -0.137. The average molecular weight is 458 g/mol. The standard InChI is InChI=1S/C20H19BrF3NOS/c1-11-4-5-17(21)15(6-11)10-25-13(3)18(27-19(25)26)14-7-12(2)8-16(9-14)20(22,23)24/h4-9,13,18H,10H2,1-3H3/t13-,18-/m0/s1. The first-order valence-electron chi connectivity index (χ1n) is 8.47. The summed E-state index contributed by atoms with van der Waals surface area (Å²) in [5.41, 5.74) is 2.48. The highest BCUT2D eigenvalue weighted by Crippen LogP contribution is 2.45. The summed E-state index contributed by atoms with van der Waals surface area (Å²) < 4.78 is 40.4. The van der Waals surface area contributed by atoms with Crippen molar-refractivity contribution in [3.63, 3.8) is 0 Å². The fourth-order valence-electron chi connectivity index (χ4n) is 3.31. The van der Waals surface area contributed by atoms with Crippen molar-refractivity contribution >= 4 is 32.9 Å². The monoisotopic (exact) mass is 457 g/mol. The second-order valence-corrected chi connectivity index (χ2v) is 8.85. The Morgan fingerprint density at radius 3 is 2.48 bits per heavy atom. The van der Waals surface area contributed by atoms with Gasteiger partial charge in [-0.25, -0.2) is 0 Å². The molecule has 3 rings (SSSR count). The molecule has 1 aliphatic rings. The van der Waals surface area contributed by atoms with Crippen molar-refractivity contribution in [2.75, 3.05) is 0 Å². The molecule has 2 aromatic carbocycles. The first-order valence-corrected chi connectivity index (χ1v) is 10.1. The number of carbonyl (C=O) groups excluding carboxylic acids is 1. The van der Waals surface area contributed by atoms with Crippen molar-refractivity contribution in [3.8, 4) is 0 Å². The molecule has 0 N–H and O–H groups in total. The maximum atomic E-state index is 13.2. The lowest BCUT2D eigenvalue weighted by atomic mass is 9.99. The highest BCUT2D eigenvalue weighted by atomic mass is 79.9. The Kier molecular flexibility index (Phi) is 5.64. The number of thioether (sulfide) groups is 1. The number of rotatable bonds is 3. The summed E-state index contributed by atoms with van der Waals surface area (Å²) in [5.74, 6) is 0. The molecule has 0 aliphatic carbocycles. The predicted octanol–water partition coefficient (Wildman–Crippen LogP) is 6.88. The second kappa shape index (κ2) is 7.51. The highest BCUT2D eigenvalue weighted by Gasteiger charge is 2.40. The van der Waals surface area contributed by atoms with E-state index in [4.69, 9.17) is 0 Å². The van der Waals surface area contributed by atoms with Gasteiger partial charge in [0.05, 0.1) is 10.8 Å². The van der Waals surface area contributed by atoms with Crippen LogP contribution in [0, 0.1) is 13.8 Å². The Hall–Kier alpha value is -1.47. The fraction of sp³-hybridized carbons (Fsp3) is 0.350. The lowest BCUT2D eigenvalue weighted by Crippen LogP contribution is -2.31. The molecule has 0 spiro atoms. The molecule has 0 saturated carbocycles. The van der Waals surface area contributed by atoms with E-state index in [1.165, 1.54) is 6.07 Å². The molecule has 7 heteroatoms. The molecule has 144 valence electrons. The maximum Gasteiger partial charge on any atom is 0.416 e. The van der Waals surface area contributed by atoms with E-state index < -0.39 is 11.7 Å². The van der Waals surface area contributed by atoms with Gasteiger partial charge in [-0.2, -0.15) is 13.2 Å². The number of aryl methyl sites for hydroxylation is 2. The summed E-state index contributed by atoms with van der Waals surface area (Å²) in [6.07, 6.45) is -4.40. The first kappa shape index (κ1) is 20.3. The third kappa shape index (κ3) is 4.35. The molecule has 0 unspecified atom stereocenters. The van der Waals surface area contributed by atoms with E-state index in [-0.39, 0.29) is 16.5 Å². The number of carbonyl (C=O) groups is 1. The molecule has 1 heterocycles. The van der Waals surface area contributed by atoms with E-state index in [2.05, 4.69) is 15.9 Å². The molecule has 1 saturated heterocycles. The zero-order valence-corrected chi connectivity index (χ0v) is 17.5. The van der Waals surface area contributed by atoms with Crippen LogP contribution >= 0.6 is 27.7 Å². The van der Waals surface area contributed by atoms with Crippen LogP contribution in [0.1, 0.15) is 40.0 Å². The molecule has 0 bridgehead atoms. The van der Waals surface area contributed by atoms with Crippen LogP contribution in [0.15, 0.2) is 40.9 Å². The zero-order chi connectivity index (χ0) is 19.9. The van der Waals surface area contributed by atoms with E-state index in [1.807, 2.05) is 32.0 Å². The number of benzene rings is 2. The molecule has 2 aromatic rings. The molecular formula is C20H19BrF3NOS. The van der Waals surface area contributed by atoms with Crippen molar-refractivity contribution in [2.24, 2.45) is 0 Å². The van der Waals surface area contributed by atoms with Crippen molar-refractivity contribution in [1.82, 2.24) is 4.90 Å². The third-order valence-corrected chi connectivity index (χ3v) is 6.82. The molecule has 2 nitrogen and oxygen atoms in total. The summed E-state index contributed by atoms with van der Waals surface area (Å²) in [5, 5.41) is -0.446. The number of nitrogens with zero attached hydrogens (tertiary/aromatic N) is 1. The van der Waals surface area contributed by atoms with Gasteiger partial charge in [0.25, 0.3) is 5.24 Å². The normalized spacial score (nSPS) is 20.4. The number of hydrogen-bond donors (Lipinski definition) is 0. The van der Waals surface area contributed by atoms with E-state index >= 15 is 0 Å². The molecule has 1 fully saturated rings. The van der Waals surface area contributed by atoms with Gasteiger partial charge >= 0.3 is 6.18 Å². The van der Waals surface area contributed by atoms with E-state index in [0.29, 0.717) is 17.7 Å². The van der Waals surface area contributed by atoms with Crippen LogP contribution in [0.5, 0.6) is 0 Å². The van der Waals surface area contributed by atoms with Crippen LogP contribution in [-0.4, -0.2) is 16.2 Å². The van der Waals surface area contributed by atoms with Crippen LogP contribution in [0.4, 0.5) is 18.0 Å². The Morgan fingerprint density at radius 2 is 1.81 bits per heavy atom. The summed E-state index contributed by atoms with van der Waals surface area (Å²) in [4.78, 5) is 14.3. The smallest absolute Gasteiger partial charge is 0.325 e. The molecule has 27 heavy (non-hydrogen) atoms. The van der Waals surface area contributed by atoms with Crippen LogP contribution in [-0.2, 0) is 12.7 Å². The van der Waals surface area contributed by atoms with E-state index in [1.54, 1.807) is 17.9 Å². The fourth-order valence-corrected chi connectivity index (χ4v) is 4.88. The number of amides is 1. The summed E-state index contributed by atoms with van der Waals surface area (Å²) in [6, 6.07) is 9.76. The Morgan fingerprint density at radius 1 is 1.11 bits per heavy atom. The SMILES string of the molecule is Cc1cc([C@H]2SC(=O)N(Cc3cc(C)ccc3Br)[C@H]2C)cc(C(F)(F)F)c1. The van der Waals surface area contributed by atoms with Gasteiger partial charge in [0, 0.05) is 17.1 Å². The van der Waals surface area contributed by atoms with Gasteiger partial charge in [-0.1, -0.05) is 57.0 Å². The average Bonchev–Trinajstić information content (AvgIpc) is 2.85. The van der Waals surface area contributed by atoms with Gasteiger partial charge in [-0.05, 0) is 50.1 Å². The number of alkyl halides is 3. The van der Waals surface area contributed by atoms with Crippen molar-refractivity contribution in [1.29, 1.82) is 0 Å². The summed E-state index contributed by atoms with van der Waals surface area (Å²) in [7, 11) is 0. The number of halogens is 4. The van der Waals surface area contributed by atoms with Gasteiger partial charge in [0.1, 0.15) is 0 Å². The maximum absolute atomic E-state index is 13.2. The van der Waals surface area contributed by atoms with Crippen LogP contribution in [0.3, 0.4) is 0 Å². The topological polar surface area (TPSA) is 20.3 Å².